The molecule has 0 spiro atoms. The molecule has 3 N–H and O–H groups in total. The molecule has 1 aromatic heterocycles. The van der Waals surface area contributed by atoms with Crippen LogP contribution >= 0.6 is 0 Å². The van der Waals surface area contributed by atoms with E-state index in [-0.39, 0.29) is 11.8 Å². The lowest BCUT2D eigenvalue weighted by atomic mass is 9.94. The molecule has 106 valence electrons. The molecule has 1 atom stereocenters. The van der Waals surface area contributed by atoms with E-state index in [1.54, 1.807) is 6.20 Å². The molecule has 0 saturated heterocycles. The van der Waals surface area contributed by atoms with Crippen molar-refractivity contribution in [3.63, 3.8) is 0 Å². The van der Waals surface area contributed by atoms with Gasteiger partial charge in [-0.25, -0.2) is 0 Å². The number of rotatable bonds is 7. The number of amides is 1. The molecule has 19 heavy (non-hydrogen) atoms. The third-order valence-corrected chi connectivity index (χ3v) is 3.22. The first-order valence-electron chi connectivity index (χ1n) is 6.89. The molecule has 0 saturated carbocycles. The Morgan fingerprint density at radius 1 is 1.47 bits per heavy atom. The van der Waals surface area contributed by atoms with Crippen LogP contribution in [0.3, 0.4) is 0 Å². The van der Waals surface area contributed by atoms with Crippen molar-refractivity contribution in [2.75, 3.05) is 6.54 Å². The first-order valence-corrected chi connectivity index (χ1v) is 6.89. The molecule has 0 aliphatic heterocycles. The second-order valence-corrected chi connectivity index (χ2v) is 5.51. The molecule has 1 amide bonds. The molecular weight excluding hydrogens is 238 g/mol. The zero-order valence-corrected chi connectivity index (χ0v) is 12.1. The molecule has 0 aliphatic rings. The number of nitrogens with one attached hydrogen (secondary N) is 1. The summed E-state index contributed by atoms with van der Waals surface area (Å²) in [6.45, 7) is 7.43. The van der Waals surface area contributed by atoms with Crippen LogP contribution in [0.4, 0.5) is 0 Å². The standard InChI is InChI=1S/C15H25N3O/c1-11(2)6-13(8-16)7-15(19)18-10-14-4-5-17-9-12(14)3/h4-5,9,11,13H,6-8,10,16H2,1-3H3,(H,18,19)/t13-/m0/s1. The molecule has 1 aromatic rings. The highest BCUT2D eigenvalue weighted by molar-refractivity contribution is 5.76. The lowest BCUT2D eigenvalue weighted by molar-refractivity contribution is -0.122. The lowest BCUT2D eigenvalue weighted by Crippen LogP contribution is -2.28. The number of aryl methyl sites for hydroxylation is 1. The molecule has 0 aliphatic carbocycles. The molecule has 0 fully saturated rings. The van der Waals surface area contributed by atoms with E-state index in [2.05, 4.69) is 24.1 Å². The largest absolute Gasteiger partial charge is 0.352 e. The summed E-state index contributed by atoms with van der Waals surface area (Å²) in [5.74, 6) is 0.926. The van der Waals surface area contributed by atoms with Crippen LogP contribution in [0.25, 0.3) is 0 Å². The summed E-state index contributed by atoms with van der Waals surface area (Å²) in [5, 5.41) is 2.96. The van der Waals surface area contributed by atoms with E-state index in [0.29, 0.717) is 25.4 Å². The fourth-order valence-electron chi connectivity index (χ4n) is 2.16. The molecule has 0 unspecified atom stereocenters. The Morgan fingerprint density at radius 2 is 2.21 bits per heavy atom. The van der Waals surface area contributed by atoms with E-state index in [4.69, 9.17) is 5.73 Å². The van der Waals surface area contributed by atoms with E-state index < -0.39 is 0 Å². The Morgan fingerprint density at radius 3 is 2.79 bits per heavy atom. The van der Waals surface area contributed by atoms with Gasteiger partial charge in [0.05, 0.1) is 0 Å². The molecule has 1 heterocycles. The summed E-state index contributed by atoms with van der Waals surface area (Å²) >= 11 is 0. The third-order valence-electron chi connectivity index (χ3n) is 3.22. The minimum atomic E-state index is 0.0762. The Bertz CT molecular complexity index is 404. The van der Waals surface area contributed by atoms with Crippen molar-refractivity contribution in [1.82, 2.24) is 10.3 Å². The van der Waals surface area contributed by atoms with E-state index in [0.717, 1.165) is 17.5 Å². The van der Waals surface area contributed by atoms with E-state index in [1.807, 2.05) is 19.2 Å². The predicted octanol–water partition coefficient (Wildman–Crippen LogP) is 2.02. The summed E-state index contributed by atoms with van der Waals surface area (Å²) in [6, 6.07) is 1.93. The molecule has 4 heteroatoms. The van der Waals surface area contributed by atoms with E-state index >= 15 is 0 Å². The van der Waals surface area contributed by atoms with Crippen molar-refractivity contribution in [3.05, 3.63) is 29.6 Å². The van der Waals surface area contributed by atoms with Crippen LogP contribution in [0.2, 0.25) is 0 Å². The van der Waals surface area contributed by atoms with Gasteiger partial charge in [-0.2, -0.15) is 0 Å². The highest BCUT2D eigenvalue weighted by atomic mass is 16.1. The second kappa shape index (κ2) is 7.89. The van der Waals surface area contributed by atoms with Crippen LogP contribution in [0.5, 0.6) is 0 Å². The minimum Gasteiger partial charge on any atom is -0.352 e. The van der Waals surface area contributed by atoms with Gasteiger partial charge in [0.15, 0.2) is 0 Å². The topological polar surface area (TPSA) is 68.0 Å². The van der Waals surface area contributed by atoms with Crippen LogP contribution in [-0.4, -0.2) is 17.4 Å². The Balaban J connectivity index is 2.41. The fourth-order valence-corrected chi connectivity index (χ4v) is 2.16. The Kier molecular flexibility index (Phi) is 6.50. The van der Waals surface area contributed by atoms with Crippen LogP contribution < -0.4 is 11.1 Å². The van der Waals surface area contributed by atoms with Gasteiger partial charge in [-0.1, -0.05) is 13.8 Å². The Hall–Kier alpha value is -1.42. The van der Waals surface area contributed by atoms with Gasteiger partial charge in [0.2, 0.25) is 5.91 Å². The van der Waals surface area contributed by atoms with Gasteiger partial charge in [0, 0.05) is 25.4 Å². The summed E-state index contributed by atoms with van der Waals surface area (Å²) in [5.41, 5.74) is 7.92. The monoisotopic (exact) mass is 263 g/mol. The minimum absolute atomic E-state index is 0.0762. The number of pyridine rings is 1. The number of hydrogen-bond acceptors (Lipinski definition) is 3. The van der Waals surface area contributed by atoms with Gasteiger partial charge in [-0.3, -0.25) is 9.78 Å². The number of hydrogen-bond donors (Lipinski definition) is 2. The second-order valence-electron chi connectivity index (χ2n) is 5.51. The molecule has 0 radical (unpaired) electrons. The van der Waals surface area contributed by atoms with Crippen LogP contribution in [0, 0.1) is 18.8 Å². The average molecular weight is 263 g/mol. The SMILES string of the molecule is Cc1cnccc1CNC(=O)C[C@@H](CN)CC(C)C. The van der Waals surface area contributed by atoms with Crippen molar-refractivity contribution in [2.45, 2.75) is 40.2 Å². The summed E-state index contributed by atoms with van der Waals surface area (Å²) in [6.07, 6.45) is 5.07. The van der Waals surface area contributed by atoms with E-state index in [1.165, 1.54) is 0 Å². The summed E-state index contributed by atoms with van der Waals surface area (Å²) < 4.78 is 0. The van der Waals surface area contributed by atoms with Crippen LogP contribution in [-0.2, 0) is 11.3 Å². The Labute approximate surface area is 115 Å². The normalized spacial score (nSPS) is 12.5. The summed E-state index contributed by atoms with van der Waals surface area (Å²) in [4.78, 5) is 15.9. The van der Waals surface area contributed by atoms with Gasteiger partial charge >= 0.3 is 0 Å². The fraction of sp³-hybridized carbons (Fsp3) is 0.600. The van der Waals surface area contributed by atoms with Gasteiger partial charge in [-0.05, 0) is 48.9 Å². The van der Waals surface area contributed by atoms with Gasteiger partial charge in [0.1, 0.15) is 0 Å². The number of aromatic nitrogens is 1. The van der Waals surface area contributed by atoms with Crippen molar-refractivity contribution < 1.29 is 4.79 Å². The van der Waals surface area contributed by atoms with Crippen LogP contribution in [0.15, 0.2) is 18.5 Å². The maximum atomic E-state index is 11.9. The molecule has 1 rings (SSSR count). The first kappa shape index (κ1) is 15.6. The van der Waals surface area contributed by atoms with Crippen molar-refractivity contribution in [3.8, 4) is 0 Å². The lowest BCUT2D eigenvalue weighted by Gasteiger charge is -2.16. The zero-order chi connectivity index (χ0) is 14.3. The smallest absolute Gasteiger partial charge is 0.220 e. The van der Waals surface area contributed by atoms with Gasteiger partial charge < -0.3 is 11.1 Å². The van der Waals surface area contributed by atoms with Gasteiger partial charge in [-0.15, -0.1) is 0 Å². The highest BCUT2D eigenvalue weighted by Gasteiger charge is 2.14. The molecule has 0 aromatic carbocycles. The maximum absolute atomic E-state index is 11.9. The number of nitrogens with two attached hydrogens (primary N) is 1. The first-order chi connectivity index (χ1) is 9.02. The molecular formula is C15H25N3O. The number of nitrogens with zero attached hydrogens (tertiary/aromatic N) is 1. The quantitative estimate of drug-likeness (QED) is 0.791. The highest BCUT2D eigenvalue weighted by Crippen LogP contribution is 2.14. The third kappa shape index (κ3) is 5.83. The van der Waals surface area contributed by atoms with Crippen molar-refractivity contribution in [2.24, 2.45) is 17.6 Å². The number of carbonyl (C=O) groups is 1. The molecule has 4 nitrogen and oxygen atoms in total. The van der Waals surface area contributed by atoms with Gasteiger partial charge in [0.25, 0.3) is 0 Å². The number of carbonyl (C=O) groups excluding carboxylic acids is 1. The summed E-state index contributed by atoms with van der Waals surface area (Å²) in [7, 11) is 0. The predicted molar refractivity (Wildman–Crippen MR) is 77.4 cm³/mol. The van der Waals surface area contributed by atoms with E-state index in [9.17, 15) is 4.79 Å². The van der Waals surface area contributed by atoms with Crippen molar-refractivity contribution >= 4 is 5.91 Å². The van der Waals surface area contributed by atoms with Crippen molar-refractivity contribution in [1.29, 1.82) is 0 Å². The van der Waals surface area contributed by atoms with Crippen LogP contribution in [0.1, 0.15) is 37.8 Å². The maximum Gasteiger partial charge on any atom is 0.220 e. The average Bonchev–Trinajstić information content (AvgIpc) is 2.36. The molecule has 0 bridgehead atoms. The zero-order valence-electron chi connectivity index (χ0n) is 12.1.